The van der Waals surface area contributed by atoms with Crippen LogP contribution in [0.5, 0.6) is 0 Å². The minimum Gasteiger partial charge on any atom is -0.369 e. The molecule has 3 fully saturated rings. The summed E-state index contributed by atoms with van der Waals surface area (Å²) in [5, 5.41) is 8.42. The zero-order valence-electron chi connectivity index (χ0n) is 12.5. The van der Waals surface area contributed by atoms with E-state index in [1.807, 2.05) is 10.9 Å². The third kappa shape index (κ3) is 2.80. The van der Waals surface area contributed by atoms with E-state index in [1.54, 1.807) is 0 Å². The molecule has 1 saturated carbocycles. The van der Waals surface area contributed by atoms with E-state index in [-0.39, 0.29) is 18.0 Å². The Morgan fingerprint density at radius 3 is 3.05 bits per heavy atom. The molecule has 0 spiro atoms. The molecular formula is C15H21N3O4. The predicted octanol–water partition coefficient (Wildman–Crippen LogP) is 1.38. The molecule has 3 aliphatic rings. The summed E-state index contributed by atoms with van der Waals surface area (Å²) in [6, 6.07) is 0.471. The first kappa shape index (κ1) is 14.3. The monoisotopic (exact) mass is 307 g/mol. The van der Waals surface area contributed by atoms with Gasteiger partial charge in [0.1, 0.15) is 11.8 Å². The van der Waals surface area contributed by atoms with Gasteiger partial charge in [-0.15, -0.1) is 5.10 Å². The molecule has 22 heavy (non-hydrogen) atoms. The van der Waals surface area contributed by atoms with E-state index in [1.165, 1.54) is 32.1 Å². The largest absolute Gasteiger partial charge is 0.369 e. The average molecular weight is 307 g/mol. The number of hydrogen-bond acceptors (Lipinski definition) is 6. The van der Waals surface area contributed by atoms with Gasteiger partial charge >= 0.3 is 0 Å². The molecule has 0 amide bonds. The summed E-state index contributed by atoms with van der Waals surface area (Å²) in [5.74, 6) is -0.0374. The van der Waals surface area contributed by atoms with Crippen LogP contribution in [0.4, 0.5) is 0 Å². The predicted molar refractivity (Wildman–Crippen MR) is 75.0 cm³/mol. The van der Waals surface area contributed by atoms with Gasteiger partial charge in [-0.1, -0.05) is 24.5 Å². The molecule has 2 aliphatic heterocycles. The van der Waals surface area contributed by atoms with Crippen LogP contribution in [0.2, 0.25) is 0 Å². The van der Waals surface area contributed by atoms with Crippen LogP contribution in [-0.2, 0) is 25.6 Å². The molecule has 7 heteroatoms. The van der Waals surface area contributed by atoms with E-state index in [4.69, 9.17) is 14.2 Å². The number of carbonyl (C=O) groups is 1. The molecule has 3 atom stereocenters. The molecule has 1 aliphatic carbocycles. The van der Waals surface area contributed by atoms with Crippen LogP contribution in [0.15, 0.2) is 6.20 Å². The van der Waals surface area contributed by atoms with Gasteiger partial charge in [0.05, 0.1) is 31.6 Å². The maximum absolute atomic E-state index is 11.7. The standard InChI is InChI=1S/C15H21N3O4/c19-12-6-13(14-9-21-15(12)22-14)20-8-10-7-18(17-16-10)11-4-2-1-3-5-11/h7,11,13-15H,1-6,8-9H2/t13-,14+,15+/m0/s1. The van der Waals surface area contributed by atoms with Gasteiger partial charge in [0.15, 0.2) is 5.78 Å². The minimum absolute atomic E-state index is 0.0374. The van der Waals surface area contributed by atoms with Crippen molar-refractivity contribution in [3.05, 3.63) is 11.9 Å². The van der Waals surface area contributed by atoms with Gasteiger partial charge in [-0.3, -0.25) is 4.79 Å². The highest BCUT2D eigenvalue weighted by Gasteiger charge is 2.43. The number of Topliss-reactive ketones (excluding diaryl/α,β-unsaturated/α-hetero) is 1. The van der Waals surface area contributed by atoms with E-state index in [2.05, 4.69) is 10.3 Å². The Hall–Kier alpha value is -1.31. The van der Waals surface area contributed by atoms with Crippen molar-refractivity contribution in [2.45, 2.75) is 69.7 Å². The van der Waals surface area contributed by atoms with E-state index in [0.717, 1.165) is 5.69 Å². The number of nitrogens with zero attached hydrogens (tertiary/aromatic N) is 3. The van der Waals surface area contributed by atoms with Gasteiger partial charge in [0, 0.05) is 6.42 Å². The van der Waals surface area contributed by atoms with Gasteiger partial charge in [0.25, 0.3) is 0 Å². The molecule has 1 aromatic rings. The molecule has 3 heterocycles. The van der Waals surface area contributed by atoms with Crippen molar-refractivity contribution in [3.63, 3.8) is 0 Å². The van der Waals surface area contributed by atoms with Gasteiger partial charge in [0.2, 0.25) is 6.29 Å². The molecule has 2 bridgehead atoms. The third-order valence-corrected chi connectivity index (χ3v) is 4.74. The molecule has 0 unspecified atom stereocenters. The fourth-order valence-corrected chi connectivity index (χ4v) is 3.47. The maximum Gasteiger partial charge on any atom is 0.218 e. The molecule has 120 valence electrons. The van der Waals surface area contributed by atoms with Gasteiger partial charge in [-0.05, 0) is 12.8 Å². The number of aromatic nitrogens is 3. The van der Waals surface area contributed by atoms with E-state index in [0.29, 0.717) is 25.7 Å². The highest BCUT2D eigenvalue weighted by atomic mass is 16.7. The summed E-state index contributed by atoms with van der Waals surface area (Å²) in [5.41, 5.74) is 0.805. The van der Waals surface area contributed by atoms with Crippen LogP contribution in [0.3, 0.4) is 0 Å². The lowest BCUT2D eigenvalue weighted by molar-refractivity contribution is -0.168. The van der Waals surface area contributed by atoms with E-state index >= 15 is 0 Å². The molecule has 0 aromatic carbocycles. The summed E-state index contributed by atoms with van der Waals surface area (Å²) in [6.07, 6.45) is 7.47. The molecule has 4 rings (SSSR count). The maximum atomic E-state index is 11.7. The Morgan fingerprint density at radius 2 is 2.18 bits per heavy atom. The Kier molecular flexibility index (Phi) is 3.94. The summed E-state index contributed by atoms with van der Waals surface area (Å²) >= 11 is 0. The first-order valence-corrected chi connectivity index (χ1v) is 8.12. The van der Waals surface area contributed by atoms with Crippen LogP contribution in [0.25, 0.3) is 0 Å². The van der Waals surface area contributed by atoms with Crippen molar-refractivity contribution in [3.8, 4) is 0 Å². The normalized spacial score (nSPS) is 32.5. The Balaban J connectivity index is 1.34. The minimum atomic E-state index is -0.669. The van der Waals surface area contributed by atoms with Crippen LogP contribution in [-0.4, -0.2) is 45.9 Å². The van der Waals surface area contributed by atoms with Crippen molar-refractivity contribution >= 4 is 5.78 Å². The van der Waals surface area contributed by atoms with E-state index < -0.39 is 6.29 Å². The second-order valence-electron chi connectivity index (χ2n) is 6.34. The molecule has 0 radical (unpaired) electrons. The second-order valence-corrected chi connectivity index (χ2v) is 6.34. The van der Waals surface area contributed by atoms with Crippen molar-refractivity contribution in [1.82, 2.24) is 15.0 Å². The summed E-state index contributed by atoms with van der Waals surface area (Å²) in [6.45, 7) is 0.783. The summed E-state index contributed by atoms with van der Waals surface area (Å²) in [7, 11) is 0. The SMILES string of the molecule is O=C1C[C@H](OCc2cn(C3CCCCC3)nn2)[C@H]2CO[C@@H]1O2. The molecule has 7 nitrogen and oxygen atoms in total. The smallest absolute Gasteiger partial charge is 0.218 e. The molecular weight excluding hydrogens is 286 g/mol. The zero-order chi connectivity index (χ0) is 14.9. The lowest BCUT2D eigenvalue weighted by Crippen LogP contribution is -2.40. The van der Waals surface area contributed by atoms with Crippen LogP contribution in [0, 0.1) is 0 Å². The first-order chi connectivity index (χ1) is 10.8. The van der Waals surface area contributed by atoms with Crippen LogP contribution in [0.1, 0.15) is 50.3 Å². The number of fused-ring (bicyclic) bond motifs is 2. The van der Waals surface area contributed by atoms with Crippen LogP contribution >= 0.6 is 0 Å². The number of carbonyl (C=O) groups excluding carboxylic acids is 1. The lowest BCUT2D eigenvalue weighted by Gasteiger charge is -2.26. The fourth-order valence-electron chi connectivity index (χ4n) is 3.47. The third-order valence-electron chi connectivity index (χ3n) is 4.74. The second kappa shape index (κ2) is 6.06. The summed E-state index contributed by atoms with van der Waals surface area (Å²) < 4.78 is 18.5. The number of ketones is 1. The van der Waals surface area contributed by atoms with Crippen molar-refractivity contribution in [2.24, 2.45) is 0 Å². The number of ether oxygens (including phenoxy) is 3. The topological polar surface area (TPSA) is 75.5 Å². The quantitative estimate of drug-likeness (QED) is 0.836. The highest BCUT2D eigenvalue weighted by molar-refractivity contribution is 5.83. The van der Waals surface area contributed by atoms with Crippen LogP contribution < -0.4 is 0 Å². The Morgan fingerprint density at radius 1 is 1.32 bits per heavy atom. The van der Waals surface area contributed by atoms with Crippen molar-refractivity contribution in [2.75, 3.05) is 6.61 Å². The first-order valence-electron chi connectivity index (χ1n) is 8.12. The average Bonchev–Trinajstić information content (AvgIpc) is 3.19. The van der Waals surface area contributed by atoms with Gasteiger partial charge < -0.3 is 14.2 Å². The van der Waals surface area contributed by atoms with E-state index in [9.17, 15) is 4.79 Å². The fraction of sp³-hybridized carbons (Fsp3) is 0.800. The molecule has 2 saturated heterocycles. The molecule has 1 aromatic heterocycles. The van der Waals surface area contributed by atoms with Gasteiger partial charge in [-0.2, -0.15) is 0 Å². The number of hydrogen-bond donors (Lipinski definition) is 0. The molecule has 0 N–H and O–H groups in total. The van der Waals surface area contributed by atoms with Crippen molar-refractivity contribution < 1.29 is 19.0 Å². The number of rotatable bonds is 4. The Labute approximate surface area is 128 Å². The highest BCUT2D eigenvalue weighted by Crippen LogP contribution is 2.28. The summed E-state index contributed by atoms with van der Waals surface area (Å²) in [4.78, 5) is 11.7. The lowest BCUT2D eigenvalue weighted by atomic mass is 9.96. The van der Waals surface area contributed by atoms with Crippen molar-refractivity contribution in [1.29, 1.82) is 0 Å². The Bertz CT molecular complexity index is 541. The zero-order valence-corrected chi connectivity index (χ0v) is 12.5. The van der Waals surface area contributed by atoms with Gasteiger partial charge in [-0.25, -0.2) is 4.68 Å².